The van der Waals surface area contributed by atoms with Crippen LogP contribution in [0.25, 0.3) is 33.1 Å². The van der Waals surface area contributed by atoms with E-state index in [1.165, 1.54) is 0 Å². The highest BCUT2D eigenvalue weighted by Gasteiger charge is 2.16. The van der Waals surface area contributed by atoms with Crippen molar-refractivity contribution in [1.29, 1.82) is 0 Å². The van der Waals surface area contributed by atoms with Crippen molar-refractivity contribution < 1.29 is 9.90 Å². The Bertz CT molecular complexity index is 1060. The van der Waals surface area contributed by atoms with Crippen LogP contribution >= 0.6 is 0 Å². The molecule has 0 spiro atoms. The van der Waals surface area contributed by atoms with E-state index in [1.54, 1.807) is 12.1 Å². The first-order chi connectivity index (χ1) is 11.1. The van der Waals surface area contributed by atoms with E-state index in [2.05, 4.69) is 9.97 Å². The number of benzene rings is 2. The molecule has 0 aliphatic rings. The van der Waals surface area contributed by atoms with Crippen molar-refractivity contribution >= 4 is 27.8 Å². The van der Waals surface area contributed by atoms with Crippen LogP contribution in [0.3, 0.4) is 0 Å². The zero-order chi connectivity index (χ0) is 16.0. The molecule has 4 rings (SSSR count). The molecule has 0 atom stereocenters. The van der Waals surface area contributed by atoms with E-state index in [0.29, 0.717) is 16.6 Å². The highest BCUT2D eigenvalue weighted by atomic mass is 16.4. The van der Waals surface area contributed by atoms with Gasteiger partial charge in [-0.1, -0.05) is 36.4 Å². The summed E-state index contributed by atoms with van der Waals surface area (Å²) in [5, 5.41) is 11.3. The molecule has 2 N–H and O–H groups in total. The van der Waals surface area contributed by atoms with E-state index in [-0.39, 0.29) is 5.56 Å². The minimum Gasteiger partial charge on any atom is -0.478 e. The van der Waals surface area contributed by atoms with Gasteiger partial charge in [-0.15, -0.1) is 0 Å². The maximum absolute atomic E-state index is 11.6. The van der Waals surface area contributed by atoms with Gasteiger partial charge >= 0.3 is 5.97 Å². The molecule has 0 saturated heterocycles. The molecule has 0 unspecified atom stereocenters. The van der Waals surface area contributed by atoms with Crippen LogP contribution in [-0.4, -0.2) is 21.0 Å². The van der Waals surface area contributed by atoms with E-state index in [0.717, 1.165) is 22.2 Å². The number of carboxylic acid groups (broad SMARTS) is 1. The van der Waals surface area contributed by atoms with Gasteiger partial charge in [0.1, 0.15) is 0 Å². The first-order valence-electron chi connectivity index (χ1n) is 7.36. The number of aryl methyl sites for hydroxylation is 1. The predicted molar refractivity (Wildman–Crippen MR) is 90.7 cm³/mol. The van der Waals surface area contributed by atoms with Gasteiger partial charge < -0.3 is 10.1 Å². The van der Waals surface area contributed by atoms with Crippen LogP contribution in [-0.2, 0) is 0 Å². The number of pyridine rings is 1. The second-order valence-corrected chi connectivity index (χ2v) is 5.55. The predicted octanol–water partition coefficient (Wildman–Crippen LogP) is 4.39. The van der Waals surface area contributed by atoms with Gasteiger partial charge in [0.2, 0.25) is 0 Å². The first kappa shape index (κ1) is 13.5. The number of nitrogens with one attached hydrogen (secondary N) is 1. The molecule has 2 aromatic heterocycles. The van der Waals surface area contributed by atoms with Gasteiger partial charge in [0.25, 0.3) is 0 Å². The number of aromatic carboxylic acids is 1. The van der Waals surface area contributed by atoms with Gasteiger partial charge in [-0.25, -0.2) is 9.78 Å². The van der Waals surface area contributed by atoms with E-state index in [1.807, 2.05) is 49.4 Å². The standard InChI is InChI=1S/C19H14N2O2/c1-11-18(13-7-3-5-9-16(13)20-11)17-10-14(19(22)23)12-6-2-4-8-15(12)21-17/h2-10,20H,1H3,(H,22,23). The van der Waals surface area contributed by atoms with Gasteiger partial charge in [0.15, 0.2) is 0 Å². The van der Waals surface area contributed by atoms with Crippen LogP contribution < -0.4 is 0 Å². The van der Waals surface area contributed by atoms with Crippen LogP contribution in [0, 0.1) is 6.92 Å². The molecule has 0 aliphatic heterocycles. The normalized spacial score (nSPS) is 11.2. The molecule has 0 radical (unpaired) electrons. The average molecular weight is 302 g/mol. The summed E-state index contributed by atoms with van der Waals surface area (Å²) >= 11 is 0. The van der Waals surface area contributed by atoms with Crippen molar-refractivity contribution in [2.75, 3.05) is 0 Å². The monoisotopic (exact) mass is 302 g/mol. The third kappa shape index (κ3) is 2.07. The zero-order valence-corrected chi connectivity index (χ0v) is 12.5. The number of fused-ring (bicyclic) bond motifs is 2. The molecule has 23 heavy (non-hydrogen) atoms. The van der Waals surface area contributed by atoms with Crippen molar-refractivity contribution in [3.63, 3.8) is 0 Å². The summed E-state index contributed by atoms with van der Waals surface area (Å²) in [4.78, 5) is 19.7. The Morgan fingerprint density at radius 2 is 1.74 bits per heavy atom. The summed E-state index contributed by atoms with van der Waals surface area (Å²) in [6.45, 7) is 1.98. The molecule has 112 valence electrons. The van der Waals surface area contributed by atoms with E-state index < -0.39 is 5.97 Å². The van der Waals surface area contributed by atoms with Crippen molar-refractivity contribution in [1.82, 2.24) is 9.97 Å². The number of aromatic amines is 1. The largest absolute Gasteiger partial charge is 0.478 e. The summed E-state index contributed by atoms with van der Waals surface area (Å²) in [5.41, 5.74) is 4.59. The average Bonchev–Trinajstić information content (AvgIpc) is 2.89. The Hall–Kier alpha value is -3.14. The molecular formula is C19H14N2O2. The lowest BCUT2D eigenvalue weighted by Crippen LogP contribution is -2.00. The van der Waals surface area contributed by atoms with Crippen LogP contribution in [0.5, 0.6) is 0 Å². The number of H-pyrrole nitrogens is 1. The Labute approximate surface area is 132 Å². The fraction of sp³-hybridized carbons (Fsp3) is 0.0526. The topological polar surface area (TPSA) is 66.0 Å². The quantitative estimate of drug-likeness (QED) is 0.577. The minimum atomic E-state index is -0.942. The fourth-order valence-electron chi connectivity index (χ4n) is 3.09. The van der Waals surface area contributed by atoms with Crippen LogP contribution in [0.4, 0.5) is 0 Å². The molecule has 2 aromatic carbocycles. The highest BCUT2D eigenvalue weighted by molar-refractivity contribution is 6.05. The van der Waals surface area contributed by atoms with E-state index >= 15 is 0 Å². The van der Waals surface area contributed by atoms with Gasteiger partial charge in [0.05, 0.1) is 16.8 Å². The SMILES string of the molecule is Cc1[nH]c2ccccc2c1-c1cc(C(=O)O)c2ccccc2n1. The molecule has 4 nitrogen and oxygen atoms in total. The molecule has 0 bridgehead atoms. The molecule has 0 aliphatic carbocycles. The summed E-state index contributed by atoms with van der Waals surface area (Å²) in [6.07, 6.45) is 0. The Morgan fingerprint density at radius 3 is 2.52 bits per heavy atom. The smallest absolute Gasteiger partial charge is 0.336 e. The van der Waals surface area contributed by atoms with Crippen LogP contribution in [0.1, 0.15) is 16.1 Å². The zero-order valence-electron chi connectivity index (χ0n) is 12.5. The van der Waals surface area contributed by atoms with E-state index in [9.17, 15) is 9.90 Å². The molecule has 0 saturated carbocycles. The van der Waals surface area contributed by atoms with Crippen molar-refractivity contribution in [3.8, 4) is 11.3 Å². The van der Waals surface area contributed by atoms with Crippen LogP contribution in [0.2, 0.25) is 0 Å². The Balaban J connectivity index is 2.09. The second kappa shape index (κ2) is 4.95. The first-order valence-corrected chi connectivity index (χ1v) is 7.36. The molecular weight excluding hydrogens is 288 g/mol. The van der Waals surface area contributed by atoms with Gasteiger partial charge in [0, 0.05) is 27.5 Å². The number of rotatable bonds is 2. The van der Waals surface area contributed by atoms with Gasteiger partial charge in [-0.3, -0.25) is 0 Å². The molecule has 2 heterocycles. The molecule has 4 heteroatoms. The lowest BCUT2D eigenvalue weighted by molar-refractivity contribution is 0.0699. The highest BCUT2D eigenvalue weighted by Crippen LogP contribution is 2.33. The molecule has 0 amide bonds. The number of nitrogens with zero attached hydrogens (tertiary/aromatic N) is 1. The number of hydrogen-bond donors (Lipinski definition) is 2. The Kier molecular flexibility index (Phi) is 2.91. The number of carboxylic acids is 1. The van der Waals surface area contributed by atoms with E-state index in [4.69, 9.17) is 0 Å². The molecule has 4 aromatic rings. The fourth-order valence-corrected chi connectivity index (χ4v) is 3.09. The van der Waals surface area contributed by atoms with Gasteiger partial charge in [-0.2, -0.15) is 0 Å². The van der Waals surface area contributed by atoms with Crippen molar-refractivity contribution in [3.05, 3.63) is 65.9 Å². The Morgan fingerprint density at radius 1 is 1.04 bits per heavy atom. The third-order valence-electron chi connectivity index (χ3n) is 4.10. The number of aromatic nitrogens is 2. The third-order valence-corrected chi connectivity index (χ3v) is 4.10. The van der Waals surface area contributed by atoms with Gasteiger partial charge in [-0.05, 0) is 25.1 Å². The lowest BCUT2D eigenvalue weighted by Gasteiger charge is -2.07. The number of hydrogen-bond acceptors (Lipinski definition) is 2. The summed E-state index contributed by atoms with van der Waals surface area (Å²) in [6, 6.07) is 17.0. The number of para-hydroxylation sites is 2. The maximum atomic E-state index is 11.6. The molecule has 0 fully saturated rings. The summed E-state index contributed by atoms with van der Waals surface area (Å²) in [5.74, 6) is -0.942. The second-order valence-electron chi connectivity index (χ2n) is 5.55. The summed E-state index contributed by atoms with van der Waals surface area (Å²) < 4.78 is 0. The van der Waals surface area contributed by atoms with Crippen molar-refractivity contribution in [2.24, 2.45) is 0 Å². The van der Waals surface area contributed by atoms with Crippen molar-refractivity contribution in [2.45, 2.75) is 6.92 Å². The summed E-state index contributed by atoms with van der Waals surface area (Å²) in [7, 11) is 0. The lowest BCUT2D eigenvalue weighted by atomic mass is 10.0. The maximum Gasteiger partial charge on any atom is 0.336 e. The minimum absolute atomic E-state index is 0.273. The number of carbonyl (C=O) groups is 1. The van der Waals surface area contributed by atoms with Crippen LogP contribution in [0.15, 0.2) is 54.6 Å².